The zero-order valence-corrected chi connectivity index (χ0v) is 13.0. The maximum absolute atomic E-state index is 11.9. The molecule has 5 heteroatoms. The van der Waals surface area contributed by atoms with Crippen LogP contribution in [-0.4, -0.2) is 56.5 Å². The molecule has 1 N–H and O–H groups in total. The van der Waals surface area contributed by atoms with Crippen molar-refractivity contribution in [1.29, 1.82) is 0 Å². The van der Waals surface area contributed by atoms with Crippen LogP contribution in [0.15, 0.2) is 0 Å². The zero-order valence-electron chi connectivity index (χ0n) is 12.1. The smallest absolute Gasteiger partial charge is 0.153 e. The molecule has 4 nitrogen and oxygen atoms in total. The number of rotatable bonds is 6. The van der Waals surface area contributed by atoms with Gasteiger partial charge in [0, 0.05) is 32.2 Å². The Morgan fingerprint density at radius 2 is 1.94 bits per heavy atom. The monoisotopic (exact) mass is 276 g/mol. The van der Waals surface area contributed by atoms with Crippen molar-refractivity contribution in [3.63, 3.8) is 0 Å². The van der Waals surface area contributed by atoms with Crippen LogP contribution in [0.5, 0.6) is 0 Å². The Hall–Kier alpha value is -0.130. The Morgan fingerprint density at radius 3 is 2.50 bits per heavy atom. The Labute approximate surface area is 112 Å². The van der Waals surface area contributed by atoms with E-state index in [4.69, 9.17) is 0 Å². The van der Waals surface area contributed by atoms with Gasteiger partial charge in [-0.2, -0.15) is 0 Å². The highest BCUT2D eigenvalue weighted by atomic mass is 32.2. The molecular formula is C13H28N2O2S. The molecule has 1 heterocycles. The van der Waals surface area contributed by atoms with Gasteiger partial charge in [-0.15, -0.1) is 0 Å². The second kappa shape index (κ2) is 6.87. The summed E-state index contributed by atoms with van der Waals surface area (Å²) >= 11 is 0. The minimum Gasteiger partial charge on any atom is -0.314 e. The van der Waals surface area contributed by atoms with Crippen LogP contribution < -0.4 is 5.32 Å². The van der Waals surface area contributed by atoms with Gasteiger partial charge in [-0.1, -0.05) is 13.8 Å². The van der Waals surface area contributed by atoms with Crippen LogP contribution >= 0.6 is 0 Å². The summed E-state index contributed by atoms with van der Waals surface area (Å²) in [6, 6.07) is 0.487. The second-order valence-electron chi connectivity index (χ2n) is 5.94. The molecule has 0 aliphatic carbocycles. The molecule has 0 aromatic carbocycles. The third-order valence-corrected chi connectivity index (χ3v) is 5.78. The van der Waals surface area contributed by atoms with Gasteiger partial charge in [0.25, 0.3) is 0 Å². The summed E-state index contributed by atoms with van der Waals surface area (Å²) in [6.07, 6.45) is 1.13. The van der Waals surface area contributed by atoms with Crippen molar-refractivity contribution in [3.05, 3.63) is 0 Å². The van der Waals surface area contributed by atoms with Gasteiger partial charge in [0.1, 0.15) is 0 Å². The predicted molar refractivity (Wildman–Crippen MR) is 76.6 cm³/mol. The largest absolute Gasteiger partial charge is 0.314 e. The Balaban J connectivity index is 2.52. The summed E-state index contributed by atoms with van der Waals surface area (Å²) in [5, 5.41) is 3.14. The first kappa shape index (κ1) is 15.9. The summed E-state index contributed by atoms with van der Waals surface area (Å²) < 4.78 is 23.7. The van der Waals surface area contributed by atoms with Gasteiger partial charge in [-0.05, 0) is 26.2 Å². The van der Waals surface area contributed by atoms with Gasteiger partial charge in [0.15, 0.2) is 9.84 Å². The highest BCUT2D eigenvalue weighted by molar-refractivity contribution is 7.92. The van der Waals surface area contributed by atoms with E-state index in [1.165, 1.54) is 0 Å². The number of hydrogen-bond donors (Lipinski definition) is 1. The minimum absolute atomic E-state index is 0.260. The molecule has 108 valence electrons. The first-order valence-electron chi connectivity index (χ1n) is 6.99. The van der Waals surface area contributed by atoms with Gasteiger partial charge in [0.05, 0.1) is 11.0 Å². The summed E-state index contributed by atoms with van der Waals surface area (Å²) in [6.45, 7) is 11.6. The fourth-order valence-corrected chi connectivity index (χ4v) is 3.31. The van der Waals surface area contributed by atoms with Crippen molar-refractivity contribution in [3.8, 4) is 0 Å². The van der Waals surface area contributed by atoms with Crippen LogP contribution in [0.2, 0.25) is 0 Å². The van der Waals surface area contributed by atoms with Crippen LogP contribution in [0.1, 0.15) is 34.1 Å². The van der Waals surface area contributed by atoms with E-state index in [9.17, 15) is 8.42 Å². The first-order valence-corrected chi connectivity index (χ1v) is 8.71. The van der Waals surface area contributed by atoms with Gasteiger partial charge in [0.2, 0.25) is 0 Å². The fraction of sp³-hybridized carbons (Fsp3) is 1.00. The Bertz CT molecular complexity index is 339. The van der Waals surface area contributed by atoms with Crippen molar-refractivity contribution in [1.82, 2.24) is 10.2 Å². The van der Waals surface area contributed by atoms with E-state index in [1.54, 1.807) is 13.8 Å². The number of nitrogens with zero attached hydrogens (tertiary/aromatic N) is 1. The van der Waals surface area contributed by atoms with Crippen molar-refractivity contribution < 1.29 is 8.42 Å². The van der Waals surface area contributed by atoms with Crippen LogP contribution in [-0.2, 0) is 9.84 Å². The third kappa shape index (κ3) is 4.86. The summed E-state index contributed by atoms with van der Waals surface area (Å²) in [4.78, 5) is 2.34. The van der Waals surface area contributed by atoms with E-state index < -0.39 is 9.84 Å². The van der Waals surface area contributed by atoms with Crippen LogP contribution in [0, 0.1) is 5.92 Å². The zero-order chi connectivity index (χ0) is 13.8. The molecule has 1 rings (SSSR count). The molecule has 18 heavy (non-hydrogen) atoms. The molecule has 1 aliphatic rings. The lowest BCUT2D eigenvalue weighted by molar-refractivity contribution is 0.150. The van der Waals surface area contributed by atoms with E-state index in [0.717, 1.165) is 26.1 Å². The number of nitrogens with one attached hydrogen (secondary N) is 1. The predicted octanol–water partition coefficient (Wildman–Crippen LogP) is 1.13. The van der Waals surface area contributed by atoms with Gasteiger partial charge < -0.3 is 5.32 Å². The molecule has 0 bridgehead atoms. The second-order valence-corrected chi connectivity index (χ2v) is 8.62. The molecule has 0 radical (unpaired) electrons. The van der Waals surface area contributed by atoms with E-state index in [0.29, 0.717) is 24.3 Å². The van der Waals surface area contributed by atoms with Crippen molar-refractivity contribution in [2.24, 2.45) is 5.92 Å². The topological polar surface area (TPSA) is 49.4 Å². The average molecular weight is 276 g/mol. The minimum atomic E-state index is -2.91. The van der Waals surface area contributed by atoms with Crippen molar-refractivity contribution in [2.45, 2.75) is 45.4 Å². The molecule has 1 saturated heterocycles. The molecule has 1 unspecified atom stereocenters. The Kier molecular flexibility index (Phi) is 6.08. The SMILES string of the molecule is CC(C)CC1CNCCN1CCS(=O)(=O)C(C)C. The summed E-state index contributed by atoms with van der Waals surface area (Å²) in [5.74, 6) is 0.943. The maximum Gasteiger partial charge on any atom is 0.153 e. The number of hydrogen-bond acceptors (Lipinski definition) is 4. The van der Waals surface area contributed by atoms with Gasteiger partial charge >= 0.3 is 0 Å². The van der Waals surface area contributed by atoms with Crippen LogP contribution in [0.25, 0.3) is 0 Å². The molecule has 1 fully saturated rings. The van der Waals surface area contributed by atoms with E-state index in [2.05, 4.69) is 24.1 Å². The highest BCUT2D eigenvalue weighted by Crippen LogP contribution is 2.14. The van der Waals surface area contributed by atoms with Crippen molar-refractivity contribution in [2.75, 3.05) is 31.9 Å². The molecule has 0 aromatic heterocycles. The van der Waals surface area contributed by atoms with E-state index in [-0.39, 0.29) is 5.25 Å². The lowest BCUT2D eigenvalue weighted by Gasteiger charge is -2.37. The molecule has 0 amide bonds. The standard InChI is InChI=1S/C13H28N2O2S/c1-11(2)9-13-10-14-5-6-15(13)7-8-18(16,17)12(3)4/h11-14H,5-10H2,1-4H3. The van der Waals surface area contributed by atoms with Crippen LogP contribution in [0.3, 0.4) is 0 Å². The Morgan fingerprint density at radius 1 is 1.28 bits per heavy atom. The average Bonchev–Trinajstić information content (AvgIpc) is 2.27. The van der Waals surface area contributed by atoms with E-state index >= 15 is 0 Å². The molecule has 1 atom stereocenters. The molecule has 0 saturated carbocycles. The number of piperazine rings is 1. The maximum atomic E-state index is 11.9. The molecular weight excluding hydrogens is 248 g/mol. The quantitative estimate of drug-likeness (QED) is 0.790. The molecule has 0 spiro atoms. The summed E-state index contributed by atoms with van der Waals surface area (Å²) in [7, 11) is -2.91. The molecule has 0 aromatic rings. The lowest BCUT2D eigenvalue weighted by atomic mass is 10.0. The first-order chi connectivity index (χ1) is 8.33. The summed E-state index contributed by atoms with van der Waals surface area (Å²) in [5.41, 5.74) is 0. The van der Waals surface area contributed by atoms with Gasteiger partial charge in [-0.25, -0.2) is 8.42 Å². The number of sulfone groups is 1. The highest BCUT2D eigenvalue weighted by Gasteiger charge is 2.25. The van der Waals surface area contributed by atoms with Gasteiger partial charge in [-0.3, -0.25) is 4.90 Å². The molecule has 1 aliphatic heterocycles. The lowest BCUT2D eigenvalue weighted by Crippen LogP contribution is -2.53. The van der Waals surface area contributed by atoms with Crippen molar-refractivity contribution >= 4 is 9.84 Å². The normalized spacial score (nSPS) is 22.9. The third-order valence-electron chi connectivity index (χ3n) is 3.60. The fourth-order valence-electron chi connectivity index (χ4n) is 2.35. The van der Waals surface area contributed by atoms with E-state index in [1.807, 2.05) is 0 Å². The van der Waals surface area contributed by atoms with Crippen LogP contribution in [0.4, 0.5) is 0 Å².